The Morgan fingerprint density at radius 2 is 2.41 bits per heavy atom. The van der Waals surface area contributed by atoms with Gasteiger partial charge in [0.15, 0.2) is 5.65 Å². The second kappa shape index (κ2) is 4.95. The molecule has 2 fully saturated rings. The van der Waals surface area contributed by atoms with Gasteiger partial charge < -0.3 is 10.1 Å². The number of carbonyl (C=O) groups is 1. The summed E-state index contributed by atoms with van der Waals surface area (Å²) in [4.78, 5) is 23.9. The first-order valence-corrected chi connectivity index (χ1v) is 7.65. The molecule has 2 aromatic rings. The van der Waals surface area contributed by atoms with E-state index in [4.69, 9.17) is 4.74 Å². The zero-order valence-corrected chi connectivity index (χ0v) is 12.2. The van der Waals surface area contributed by atoms with Crippen LogP contribution < -0.4 is 11.0 Å². The first-order chi connectivity index (χ1) is 10.7. The largest absolute Gasteiger partial charge is 0.378 e. The van der Waals surface area contributed by atoms with Crippen LogP contribution >= 0.6 is 0 Å². The fourth-order valence-corrected chi connectivity index (χ4v) is 3.75. The molecular formula is C15H18N4O3. The van der Waals surface area contributed by atoms with Crippen molar-refractivity contribution in [2.75, 3.05) is 13.2 Å². The van der Waals surface area contributed by atoms with Crippen LogP contribution in [0.25, 0.3) is 5.65 Å². The standard InChI is InChI=1S/C15H18N4O3/c20-13(10-3-4-12-17-18-14(21)19(12)8-10)16-9-15-5-1-2-11(15)22-7-6-15/h3-4,8,11H,1-2,5-7,9H2,(H,16,20)(H,18,21)/t11-,15-/m0/s1. The van der Waals surface area contributed by atoms with E-state index < -0.39 is 0 Å². The number of hydrogen-bond donors (Lipinski definition) is 2. The quantitative estimate of drug-likeness (QED) is 0.874. The van der Waals surface area contributed by atoms with Crippen LogP contribution in [-0.4, -0.2) is 39.8 Å². The lowest BCUT2D eigenvalue weighted by molar-refractivity contribution is 0.0669. The predicted octanol–water partition coefficient (Wildman–Crippen LogP) is 0.712. The summed E-state index contributed by atoms with van der Waals surface area (Å²) >= 11 is 0. The predicted molar refractivity (Wildman–Crippen MR) is 78.8 cm³/mol. The zero-order valence-electron chi connectivity index (χ0n) is 12.2. The lowest BCUT2D eigenvalue weighted by Gasteiger charge is -2.27. The number of amides is 1. The Labute approximate surface area is 126 Å². The van der Waals surface area contributed by atoms with Crippen LogP contribution in [0.4, 0.5) is 0 Å². The van der Waals surface area contributed by atoms with Crippen LogP contribution in [0.15, 0.2) is 23.1 Å². The molecule has 7 nitrogen and oxygen atoms in total. The summed E-state index contributed by atoms with van der Waals surface area (Å²) in [6.07, 6.45) is 6.18. The van der Waals surface area contributed by atoms with Gasteiger partial charge in [0.2, 0.25) is 0 Å². The minimum Gasteiger partial charge on any atom is -0.378 e. The highest BCUT2D eigenvalue weighted by Gasteiger charge is 2.47. The first-order valence-electron chi connectivity index (χ1n) is 7.65. The maximum Gasteiger partial charge on any atom is 0.347 e. The molecule has 3 heterocycles. The average Bonchev–Trinajstić information content (AvgIpc) is 3.19. The van der Waals surface area contributed by atoms with E-state index in [2.05, 4.69) is 15.5 Å². The molecule has 0 radical (unpaired) electrons. The maximum atomic E-state index is 12.4. The summed E-state index contributed by atoms with van der Waals surface area (Å²) in [7, 11) is 0. The summed E-state index contributed by atoms with van der Waals surface area (Å²) in [5.41, 5.74) is 0.719. The van der Waals surface area contributed by atoms with Gasteiger partial charge in [-0.05, 0) is 31.4 Å². The molecule has 1 saturated heterocycles. The van der Waals surface area contributed by atoms with E-state index in [1.54, 1.807) is 12.1 Å². The number of pyridine rings is 1. The molecule has 1 aliphatic heterocycles. The third-order valence-electron chi connectivity index (χ3n) is 5.02. The fourth-order valence-electron chi connectivity index (χ4n) is 3.75. The Kier molecular flexibility index (Phi) is 3.04. The van der Waals surface area contributed by atoms with Gasteiger partial charge in [0, 0.05) is 24.8 Å². The van der Waals surface area contributed by atoms with Crippen molar-refractivity contribution in [2.45, 2.75) is 31.8 Å². The highest BCUT2D eigenvalue weighted by molar-refractivity contribution is 5.94. The van der Waals surface area contributed by atoms with Crippen molar-refractivity contribution in [1.82, 2.24) is 19.9 Å². The van der Waals surface area contributed by atoms with E-state index in [0.29, 0.717) is 17.8 Å². The molecule has 0 bridgehead atoms. The summed E-state index contributed by atoms with van der Waals surface area (Å²) in [5, 5.41) is 9.22. The molecule has 1 aliphatic carbocycles. The molecule has 2 aliphatic rings. The number of hydrogen-bond acceptors (Lipinski definition) is 4. The average molecular weight is 302 g/mol. The number of aromatic amines is 1. The Balaban J connectivity index is 1.51. The number of fused-ring (bicyclic) bond motifs is 2. The number of ether oxygens (including phenoxy) is 1. The molecule has 0 unspecified atom stereocenters. The number of carbonyl (C=O) groups excluding carboxylic acids is 1. The normalized spacial score (nSPS) is 27.2. The third kappa shape index (κ3) is 2.04. The van der Waals surface area contributed by atoms with Crippen molar-refractivity contribution in [3.8, 4) is 0 Å². The number of nitrogens with zero attached hydrogens (tertiary/aromatic N) is 2. The highest BCUT2D eigenvalue weighted by atomic mass is 16.5. The van der Waals surface area contributed by atoms with Crippen molar-refractivity contribution in [2.24, 2.45) is 5.41 Å². The van der Waals surface area contributed by atoms with Crippen molar-refractivity contribution in [3.63, 3.8) is 0 Å². The highest BCUT2D eigenvalue weighted by Crippen LogP contribution is 2.46. The lowest BCUT2D eigenvalue weighted by Crippen LogP contribution is -2.39. The van der Waals surface area contributed by atoms with Crippen LogP contribution in [0.5, 0.6) is 0 Å². The molecule has 116 valence electrons. The second-order valence-corrected chi connectivity index (χ2v) is 6.22. The first kappa shape index (κ1) is 13.5. The van der Waals surface area contributed by atoms with Gasteiger partial charge in [-0.3, -0.25) is 4.79 Å². The van der Waals surface area contributed by atoms with Crippen molar-refractivity contribution in [3.05, 3.63) is 34.4 Å². The molecule has 22 heavy (non-hydrogen) atoms. The van der Waals surface area contributed by atoms with E-state index in [0.717, 1.165) is 32.3 Å². The van der Waals surface area contributed by atoms with Crippen molar-refractivity contribution in [1.29, 1.82) is 0 Å². The Hall–Kier alpha value is -2.15. The summed E-state index contributed by atoms with van der Waals surface area (Å²) in [5.74, 6) is -0.165. The molecule has 1 saturated carbocycles. The number of rotatable bonds is 3. The van der Waals surface area contributed by atoms with Crippen LogP contribution in [-0.2, 0) is 4.74 Å². The molecule has 2 aromatic heterocycles. The van der Waals surface area contributed by atoms with Gasteiger partial charge in [0.05, 0.1) is 11.7 Å². The van der Waals surface area contributed by atoms with Gasteiger partial charge in [-0.1, -0.05) is 6.42 Å². The summed E-state index contributed by atoms with van der Waals surface area (Å²) in [6, 6.07) is 3.34. The van der Waals surface area contributed by atoms with Gasteiger partial charge in [0.25, 0.3) is 5.91 Å². The Morgan fingerprint density at radius 3 is 3.32 bits per heavy atom. The molecular weight excluding hydrogens is 284 g/mol. The van der Waals surface area contributed by atoms with Gasteiger partial charge in [0.1, 0.15) is 0 Å². The molecule has 1 amide bonds. The van der Waals surface area contributed by atoms with Crippen LogP contribution in [0.1, 0.15) is 36.0 Å². The van der Waals surface area contributed by atoms with Gasteiger partial charge in [-0.25, -0.2) is 14.3 Å². The minimum absolute atomic E-state index is 0.103. The van der Waals surface area contributed by atoms with E-state index >= 15 is 0 Å². The molecule has 4 rings (SSSR count). The molecule has 0 aromatic carbocycles. The van der Waals surface area contributed by atoms with E-state index in [1.165, 1.54) is 10.6 Å². The number of aromatic nitrogens is 3. The number of H-pyrrole nitrogens is 1. The summed E-state index contributed by atoms with van der Waals surface area (Å²) < 4.78 is 7.11. The SMILES string of the molecule is O=C(NC[C@@]12CCC[C@@H]1OCC2)c1ccc2n[nH]c(=O)n2c1. The van der Waals surface area contributed by atoms with Crippen LogP contribution in [0.3, 0.4) is 0 Å². The number of nitrogens with one attached hydrogen (secondary N) is 2. The monoisotopic (exact) mass is 302 g/mol. The molecule has 2 atom stereocenters. The zero-order chi connectivity index (χ0) is 15.2. The lowest BCUT2D eigenvalue weighted by atomic mass is 9.83. The maximum absolute atomic E-state index is 12.4. The molecule has 2 N–H and O–H groups in total. The topological polar surface area (TPSA) is 88.5 Å². The van der Waals surface area contributed by atoms with E-state index in [9.17, 15) is 9.59 Å². The van der Waals surface area contributed by atoms with Gasteiger partial charge in [-0.2, -0.15) is 5.10 Å². The Morgan fingerprint density at radius 1 is 1.50 bits per heavy atom. The van der Waals surface area contributed by atoms with Gasteiger partial charge in [-0.15, -0.1) is 0 Å². The minimum atomic E-state index is -0.344. The van der Waals surface area contributed by atoms with Gasteiger partial charge >= 0.3 is 5.69 Å². The third-order valence-corrected chi connectivity index (χ3v) is 5.02. The smallest absolute Gasteiger partial charge is 0.347 e. The van der Waals surface area contributed by atoms with E-state index in [1.807, 2.05) is 0 Å². The summed E-state index contributed by atoms with van der Waals surface area (Å²) in [6.45, 7) is 1.42. The van der Waals surface area contributed by atoms with E-state index in [-0.39, 0.29) is 23.1 Å². The molecule has 7 heteroatoms. The van der Waals surface area contributed by atoms with Crippen LogP contribution in [0, 0.1) is 5.41 Å². The van der Waals surface area contributed by atoms with Crippen molar-refractivity contribution >= 4 is 11.6 Å². The van der Waals surface area contributed by atoms with Crippen molar-refractivity contribution < 1.29 is 9.53 Å². The Bertz CT molecular complexity index is 768. The fraction of sp³-hybridized carbons (Fsp3) is 0.533. The van der Waals surface area contributed by atoms with Crippen LogP contribution in [0.2, 0.25) is 0 Å². The molecule has 0 spiro atoms. The second-order valence-electron chi connectivity index (χ2n) is 6.22.